The van der Waals surface area contributed by atoms with Crippen LogP contribution in [0.1, 0.15) is 19.4 Å². The lowest BCUT2D eigenvalue weighted by atomic mass is 10.2. The lowest BCUT2D eigenvalue weighted by Gasteiger charge is -2.18. The fourth-order valence-corrected chi connectivity index (χ4v) is 2.06. The zero-order valence-corrected chi connectivity index (χ0v) is 13.0. The van der Waals surface area contributed by atoms with E-state index < -0.39 is 6.09 Å². The average Bonchev–Trinajstić information content (AvgIpc) is 2.40. The van der Waals surface area contributed by atoms with Crippen molar-refractivity contribution in [2.45, 2.75) is 26.5 Å². The first-order valence-corrected chi connectivity index (χ1v) is 7.06. The van der Waals surface area contributed by atoms with Crippen LogP contribution in [0.4, 0.5) is 9.18 Å². The molecular weight excluding hydrogens is 331 g/mol. The summed E-state index contributed by atoms with van der Waals surface area (Å²) in [5, 5.41) is 13.9. The third kappa shape index (κ3) is 4.97. The standard InChI is InChI=1S/C13H18BrFN2O3/c1-3-16-7-9-11(5-4-10(15)12(9)14)20-8(2)6-17-13(18)19/h4-5,8,16-17H,3,6-7H2,1-2H3,(H,18,19). The Morgan fingerprint density at radius 3 is 2.85 bits per heavy atom. The number of carbonyl (C=O) groups is 1. The highest BCUT2D eigenvalue weighted by Gasteiger charge is 2.15. The van der Waals surface area contributed by atoms with Gasteiger partial charge in [0.05, 0.1) is 11.0 Å². The maximum absolute atomic E-state index is 13.6. The van der Waals surface area contributed by atoms with Crippen LogP contribution in [0.2, 0.25) is 0 Å². The van der Waals surface area contributed by atoms with E-state index in [-0.39, 0.29) is 18.5 Å². The normalized spacial score (nSPS) is 12.0. The van der Waals surface area contributed by atoms with Gasteiger partial charge in [-0.25, -0.2) is 9.18 Å². The van der Waals surface area contributed by atoms with Gasteiger partial charge in [0.25, 0.3) is 0 Å². The maximum atomic E-state index is 13.6. The van der Waals surface area contributed by atoms with Crippen molar-refractivity contribution in [2.24, 2.45) is 0 Å². The number of nitrogens with one attached hydrogen (secondary N) is 2. The van der Waals surface area contributed by atoms with Gasteiger partial charge < -0.3 is 20.5 Å². The molecule has 0 saturated heterocycles. The third-order valence-corrected chi connectivity index (χ3v) is 3.43. The number of benzene rings is 1. The second-order valence-corrected chi connectivity index (χ2v) is 5.03. The molecule has 7 heteroatoms. The first-order valence-electron chi connectivity index (χ1n) is 6.26. The number of halogens is 2. The minimum atomic E-state index is -1.10. The SMILES string of the molecule is CCNCc1c(OC(C)CNC(=O)O)ccc(F)c1Br. The molecule has 1 unspecified atom stereocenters. The van der Waals surface area contributed by atoms with Gasteiger partial charge in [-0.05, 0) is 41.5 Å². The number of amides is 1. The fraction of sp³-hybridized carbons (Fsp3) is 0.462. The number of carboxylic acid groups (broad SMARTS) is 1. The van der Waals surface area contributed by atoms with Crippen LogP contribution in [-0.4, -0.2) is 30.4 Å². The molecule has 0 aliphatic carbocycles. The van der Waals surface area contributed by atoms with Crippen molar-refractivity contribution in [2.75, 3.05) is 13.1 Å². The summed E-state index contributed by atoms with van der Waals surface area (Å²) in [5.41, 5.74) is 0.675. The highest BCUT2D eigenvalue weighted by atomic mass is 79.9. The van der Waals surface area contributed by atoms with Crippen LogP contribution in [0.25, 0.3) is 0 Å². The van der Waals surface area contributed by atoms with Crippen molar-refractivity contribution in [3.05, 3.63) is 28.0 Å². The molecule has 1 aromatic carbocycles. The van der Waals surface area contributed by atoms with E-state index in [0.29, 0.717) is 22.3 Å². The van der Waals surface area contributed by atoms with Crippen LogP contribution < -0.4 is 15.4 Å². The quantitative estimate of drug-likeness (QED) is 0.708. The molecule has 0 aromatic heterocycles. The van der Waals surface area contributed by atoms with Gasteiger partial charge in [-0.3, -0.25) is 0 Å². The molecule has 0 heterocycles. The summed E-state index contributed by atoms with van der Waals surface area (Å²) in [7, 11) is 0. The van der Waals surface area contributed by atoms with E-state index in [1.54, 1.807) is 13.0 Å². The van der Waals surface area contributed by atoms with Crippen LogP contribution in [0.3, 0.4) is 0 Å². The van der Waals surface area contributed by atoms with Crippen LogP contribution in [0.15, 0.2) is 16.6 Å². The van der Waals surface area contributed by atoms with Crippen molar-refractivity contribution in [3.8, 4) is 5.75 Å². The molecule has 0 saturated carbocycles. The molecule has 0 bridgehead atoms. The van der Waals surface area contributed by atoms with Gasteiger partial charge >= 0.3 is 6.09 Å². The van der Waals surface area contributed by atoms with Crippen LogP contribution in [0.5, 0.6) is 5.75 Å². The number of ether oxygens (including phenoxy) is 1. The van der Waals surface area contributed by atoms with Gasteiger partial charge in [0.15, 0.2) is 0 Å². The van der Waals surface area contributed by atoms with Crippen molar-refractivity contribution in [3.63, 3.8) is 0 Å². The summed E-state index contributed by atoms with van der Waals surface area (Å²) in [6.07, 6.45) is -1.46. The van der Waals surface area contributed by atoms with E-state index in [0.717, 1.165) is 6.54 Å². The molecule has 112 valence electrons. The monoisotopic (exact) mass is 348 g/mol. The van der Waals surface area contributed by atoms with Crippen molar-refractivity contribution < 1.29 is 19.0 Å². The first-order chi connectivity index (χ1) is 9.45. The molecular formula is C13H18BrFN2O3. The Balaban J connectivity index is 2.82. The van der Waals surface area contributed by atoms with Crippen LogP contribution >= 0.6 is 15.9 Å². The summed E-state index contributed by atoms with van der Waals surface area (Å²) < 4.78 is 19.6. The van der Waals surface area contributed by atoms with Gasteiger partial charge in [0, 0.05) is 12.1 Å². The lowest BCUT2D eigenvalue weighted by Crippen LogP contribution is -2.32. The molecule has 1 amide bonds. The first kappa shape index (κ1) is 16.7. The second-order valence-electron chi connectivity index (χ2n) is 4.23. The molecule has 3 N–H and O–H groups in total. The van der Waals surface area contributed by atoms with Crippen molar-refractivity contribution in [1.82, 2.24) is 10.6 Å². The van der Waals surface area contributed by atoms with Crippen molar-refractivity contribution >= 4 is 22.0 Å². The highest BCUT2D eigenvalue weighted by molar-refractivity contribution is 9.10. The zero-order valence-electron chi connectivity index (χ0n) is 11.4. The van der Waals surface area contributed by atoms with Crippen molar-refractivity contribution in [1.29, 1.82) is 0 Å². The molecule has 1 rings (SSSR count). The Morgan fingerprint density at radius 1 is 1.55 bits per heavy atom. The van der Waals surface area contributed by atoms with Gasteiger partial charge in [0.2, 0.25) is 0 Å². The molecule has 5 nitrogen and oxygen atoms in total. The molecule has 1 atom stereocenters. The topological polar surface area (TPSA) is 70.6 Å². The molecule has 20 heavy (non-hydrogen) atoms. The zero-order chi connectivity index (χ0) is 15.1. The van der Waals surface area contributed by atoms with E-state index in [1.165, 1.54) is 6.07 Å². The Morgan fingerprint density at radius 2 is 2.25 bits per heavy atom. The molecule has 0 aliphatic rings. The minimum absolute atomic E-state index is 0.158. The second kappa shape index (κ2) is 8.06. The Hall–Kier alpha value is -1.34. The van der Waals surface area contributed by atoms with Gasteiger partial charge in [-0.2, -0.15) is 0 Å². The van der Waals surface area contributed by atoms with Gasteiger partial charge in [-0.15, -0.1) is 0 Å². The number of rotatable bonds is 7. The molecule has 0 radical (unpaired) electrons. The molecule has 0 spiro atoms. The van der Waals surface area contributed by atoms with E-state index in [2.05, 4.69) is 26.6 Å². The highest BCUT2D eigenvalue weighted by Crippen LogP contribution is 2.30. The van der Waals surface area contributed by atoms with Gasteiger partial charge in [0.1, 0.15) is 17.7 Å². The summed E-state index contributed by atoms with van der Waals surface area (Å²) in [6.45, 7) is 5.06. The number of hydrogen-bond donors (Lipinski definition) is 3. The van der Waals surface area contributed by atoms with Crippen LogP contribution in [0, 0.1) is 5.82 Å². The minimum Gasteiger partial charge on any atom is -0.489 e. The molecule has 0 fully saturated rings. The fourth-order valence-electron chi connectivity index (χ4n) is 1.59. The Kier molecular flexibility index (Phi) is 6.74. The van der Waals surface area contributed by atoms with E-state index >= 15 is 0 Å². The summed E-state index contributed by atoms with van der Waals surface area (Å²) in [5.74, 6) is 0.167. The summed E-state index contributed by atoms with van der Waals surface area (Å²) in [4.78, 5) is 10.4. The molecule has 0 aliphatic heterocycles. The van der Waals surface area contributed by atoms with Crippen LogP contribution in [-0.2, 0) is 6.54 Å². The van der Waals surface area contributed by atoms with Gasteiger partial charge in [-0.1, -0.05) is 6.92 Å². The maximum Gasteiger partial charge on any atom is 0.404 e. The van der Waals surface area contributed by atoms with E-state index in [1.807, 2.05) is 6.92 Å². The third-order valence-electron chi connectivity index (χ3n) is 2.57. The predicted molar refractivity (Wildman–Crippen MR) is 77.6 cm³/mol. The summed E-state index contributed by atoms with van der Waals surface area (Å²) >= 11 is 3.21. The smallest absolute Gasteiger partial charge is 0.404 e. The van der Waals surface area contributed by atoms with E-state index in [4.69, 9.17) is 9.84 Å². The molecule has 1 aromatic rings. The average molecular weight is 349 g/mol. The Bertz CT molecular complexity index is 471. The Labute approximate surface area is 125 Å². The predicted octanol–water partition coefficient (Wildman–Crippen LogP) is 2.73. The lowest BCUT2D eigenvalue weighted by molar-refractivity contribution is 0.178. The number of hydrogen-bond acceptors (Lipinski definition) is 3. The summed E-state index contributed by atoms with van der Waals surface area (Å²) in [6, 6.07) is 2.86. The largest absolute Gasteiger partial charge is 0.489 e. The van der Waals surface area contributed by atoms with E-state index in [9.17, 15) is 9.18 Å².